The van der Waals surface area contributed by atoms with Gasteiger partial charge < -0.3 is 0 Å². The maximum Gasteiger partial charge on any atom is 0.0257 e. The zero-order valence-corrected chi connectivity index (χ0v) is 16.4. The molecule has 0 bridgehead atoms. The molecule has 29 heavy (non-hydrogen) atoms. The van der Waals surface area contributed by atoms with Crippen LogP contribution in [0.4, 0.5) is 0 Å². The largest absolute Gasteiger partial charge is 0.0940 e. The fourth-order valence-electron chi connectivity index (χ4n) is 4.82. The fraction of sp³-hybridized carbons (Fsp3) is 0.231. The lowest BCUT2D eigenvalue weighted by molar-refractivity contribution is 0.647. The molecule has 0 aliphatic heterocycles. The molecule has 0 saturated heterocycles. The summed E-state index contributed by atoms with van der Waals surface area (Å²) < 4.78 is 0. The molecule has 0 heterocycles. The lowest BCUT2D eigenvalue weighted by atomic mass is 9.87. The Balaban J connectivity index is 1.57. The molecule has 0 unspecified atom stereocenters. The first-order valence-electron chi connectivity index (χ1n) is 10.5. The Morgan fingerprint density at radius 1 is 0.621 bits per heavy atom. The quantitative estimate of drug-likeness (QED) is 0.0686. The molecule has 0 amide bonds. The predicted molar refractivity (Wildman–Crippen MR) is 124 cm³/mol. The SMILES string of the molecule is [N-]=[N+]=NCCCCCCc1ccc2c3cccc4cccc(c5cccc1c52)c43. The van der Waals surface area contributed by atoms with Crippen molar-refractivity contribution in [2.45, 2.75) is 32.1 Å². The summed E-state index contributed by atoms with van der Waals surface area (Å²) in [5, 5.41) is 14.5. The van der Waals surface area contributed by atoms with E-state index in [0.29, 0.717) is 6.54 Å². The summed E-state index contributed by atoms with van der Waals surface area (Å²) in [6.07, 6.45) is 5.53. The van der Waals surface area contributed by atoms with Crippen molar-refractivity contribution in [3.05, 3.63) is 82.7 Å². The highest BCUT2D eigenvalue weighted by atomic mass is 15.1. The summed E-state index contributed by atoms with van der Waals surface area (Å²) >= 11 is 0. The van der Waals surface area contributed by atoms with Crippen LogP contribution in [0.3, 0.4) is 0 Å². The van der Waals surface area contributed by atoms with Gasteiger partial charge in [0.2, 0.25) is 0 Å². The van der Waals surface area contributed by atoms with Crippen LogP contribution in [0.2, 0.25) is 0 Å². The molecule has 0 fully saturated rings. The van der Waals surface area contributed by atoms with Crippen LogP contribution in [0.1, 0.15) is 31.2 Å². The second-order valence-electron chi connectivity index (χ2n) is 7.83. The van der Waals surface area contributed by atoms with Crippen LogP contribution in [0.5, 0.6) is 0 Å². The number of hydrogen-bond donors (Lipinski definition) is 0. The molecule has 0 aliphatic carbocycles. The first-order chi connectivity index (χ1) is 14.4. The zero-order chi connectivity index (χ0) is 19.6. The van der Waals surface area contributed by atoms with Gasteiger partial charge >= 0.3 is 0 Å². The summed E-state index contributed by atoms with van der Waals surface area (Å²) in [5.74, 6) is 0. The van der Waals surface area contributed by atoms with Gasteiger partial charge in [-0.05, 0) is 73.4 Å². The third kappa shape index (κ3) is 3.04. The van der Waals surface area contributed by atoms with Crippen LogP contribution in [0, 0.1) is 0 Å². The van der Waals surface area contributed by atoms with Crippen LogP contribution >= 0.6 is 0 Å². The minimum atomic E-state index is 0.614. The first kappa shape index (κ1) is 17.8. The highest BCUT2D eigenvalue weighted by Gasteiger charge is 2.13. The number of unbranched alkanes of at least 4 members (excludes halogenated alkanes) is 3. The molecule has 5 aromatic carbocycles. The highest BCUT2D eigenvalue weighted by Crippen LogP contribution is 2.41. The molecule has 0 N–H and O–H groups in total. The normalized spacial score (nSPS) is 11.6. The average molecular weight is 377 g/mol. The standard InChI is InChI=1S/C26H23N3/c27-29-28-17-4-2-1-3-8-18-15-16-24-22-13-6-10-19-9-5-12-21(25(19)22)23-14-7-11-20(18)26(23)24/h5-7,9-16H,1-4,8,17H2. The van der Waals surface area contributed by atoms with Crippen LogP contribution in [-0.2, 0) is 6.42 Å². The van der Waals surface area contributed by atoms with E-state index in [-0.39, 0.29) is 0 Å². The molecule has 0 saturated carbocycles. The van der Waals surface area contributed by atoms with Crippen molar-refractivity contribution in [3.63, 3.8) is 0 Å². The van der Waals surface area contributed by atoms with Crippen molar-refractivity contribution in [1.82, 2.24) is 0 Å². The van der Waals surface area contributed by atoms with Gasteiger partial charge in [0, 0.05) is 11.5 Å². The maximum atomic E-state index is 8.36. The van der Waals surface area contributed by atoms with Gasteiger partial charge in [0.25, 0.3) is 0 Å². The predicted octanol–water partition coefficient (Wildman–Crippen LogP) is 8.15. The maximum absolute atomic E-state index is 8.36. The molecule has 5 rings (SSSR count). The molecule has 0 aliphatic rings. The monoisotopic (exact) mass is 377 g/mol. The topological polar surface area (TPSA) is 48.8 Å². The van der Waals surface area contributed by atoms with Gasteiger partial charge in [0.15, 0.2) is 0 Å². The van der Waals surface area contributed by atoms with Gasteiger partial charge in [0.05, 0.1) is 0 Å². The lowest BCUT2D eigenvalue weighted by Gasteiger charge is -2.16. The highest BCUT2D eigenvalue weighted by molar-refractivity contribution is 6.33. The van der Waals surface area contributed by atoms with E-state index in [1.54, 1.807) is 0 Å². The first-order valence-corrected chi connectivity index (χ1v) is 10.5. The summed E-state index contributed by atoms with van der Waals surface area (Å²) in [7, 11) is 0. The Morgan fingerprint density at radius 2 is 1.24 bits per heavy atom. The third-order valence-electron chi connectivity index (χ3n) is 6.13. The van der Waals surface area contributed by atoms with E-state index in [1.165, 1.54) is 61.5 Å². The van der Waals surface area contributed by atoms with Gasteiger partial charge in [-0.15, -0.1) is 0 Å². The Hall–Kier alpha value is -3.29. The van der Waals surface area contributed by atoms with Gasteiger partial charge in [-0.1, -0.05) is 84.7 Å². The number of fused-ring (bicyclic) bond motifs is 2. The summed E-state index contributed by atoms with van der Waals surface area (Å²) in [4.78, 5) is 2.82. The molecule has 142 valence electrons. The van der Waals surface area contributed by atoms with Gasteiger partial charge in [0.1, 0.15) is 0 Å². The number of hydrogen-bond acceptors (Lipinski definition) is 1. The van der Waals surface area contributed by atoms with Gasteiger partial charge in [-0.3, -0.25) is 0 Å². The van der Waals surface area contributed by atoms with E-state index < -0.39 is 0 Å². The number of azide groups is 1. The number of rotatable bonds is 7. The molecule has 0 spiro atoms. The Kier molecular flexibility index (Phi) is 4.67. The van der Waals surface area contributed by atoms with Crippen LogP contribution in [0.15, 0.2) is 71.8 Å². The molecule has 0 aromatic heterocycles. The second kappa shape index (κ2) is 7.62. The van der Waals surface area contributed by atoms with Crippen molar-refractivity contribution < 1.29 is 0 Å². The van der Waals surface area contributed by atoms with E-state index in [1.807, 2.05) is 0 Å². The third-order valence-corrected chi connectivity index (χ3v) is 6.13. The van der Waals surface area contributed by atoms with E-state index in [2.05, 4.69) is 76.8 Å². The van der Waals surface area contributed by atoms with E-state index >= 15 is 0 Å². The number of aryl methyl sites for hydroxylation is 1. The Labute approximate surface area is 169 Å². The Bertz CT molecular complexity index is 1310. The second-order valence-corrected chi connectivity index (χ2v) is 7.83. The van der Waals surface area contributed by atoms with Crippen molar-refractivity contribution in [2.75, 3.05) is 6.54 Å². The van der Waals surface area contributed by atoms with Crippen LogP contribution < -0.4 is 0 Å². The van der Waals surface area contributed by atoms with Crippen molar-refractivity contribution in [2.24, 2.45) is 5.11 Å². The van der Waals surface area contributed by atoms with Crippen LogP contribution in [-0.4, -0.2) is 6.54 Å². The van der Waals surface area contributed by atoms with E-state index in [9.17, 15) is 0 Å². The number of benzene rings is 5. The fourth-order valence-corrected chi connectivity index (χ4v) is 4.82. The Morgan fingerprint density at radius 3 is 2.00 bits per heavy atom. The summed E-state index contributed by atoms with van der Waals surface area (Å²) in [6.45, 7) is 0.614. The van der Waals surface area contributed by atoms with Crippen molar-refractivity contribution in [3.8, 4) is 0 Å². The summed E-state index contributed by atoms with van der Waals surface area (Å²) in [5.41, 5.74) is 9.79. The molecule has 5 aromatic rings. The minimum absolute atomic E-state index is 0.614. The molecular weight excluding hydrogens is 354 g/mol. The minimum Gasteiger partial charge on any atom is -0.0940 e. The zero-order valence-electron chi connectivity index (χ0n) is 16.4. The van der Waals surface area contributed by atoms with Gasteiger partial charge in [-0.2, -0.15) is 0 Å². The molecular formula is C26H23N3. The van der Waals surface area contributed by atoms with Crippen molar-refractivity contribution >= 4 is 43.1 Å². The van der Waals surface area contributed by atoms with E-state index in [4.69, 9.17) is 5.53 Å². The number of nitrogens with zero attached hydrogens (tertiary/aromatic N) is 3. The molecule has 3 nitrogen and oxygen atoms in total. The van der Waals surface area contributed by atoms with E-state index in [0.717, 1.165) is 19.3 Å². The smallest absolute Gasteiger partial charge is 0.0257 e. The van der Waals surface area contributed by atoms with Crippen LogP contribution in [0.25, 0.3) is 53.5 Å². The molecule has 0 radical (unpaired) electrons. The van der Waals surface area contributed by atoms with Crippen molar-refractivity contribution in [1.29, 1.82) is 0 Å². The molecule has 0 atom stereocenters. The lowest BCUT2D eigenvalue weighted by Crippen LogP contribution is -1.92. The average Bonchev–Trinajstić information content (AvgIpc) is 2.77. The van der Waals surface area contributed by atoms with Gasteiger partial charge in [-0.25, -0.2) is 0 Å². The molecule has 3 heteroatoms. The summed E-state index contributed by atoms with van der Waals surface area (Å²) in [6, 6.07) is 24.7.